The van der Waals surface area contributed by atoms with Crippen molar-refractivity contribution in [2.75, 3.05) is 7.05 Å². The van der Waals surface area contributed by atoms with Crippen LogP contribution in [0.25, 0.3) is 0 Å². The molecule has 28 heavy (non-hydrogen) atoms. The number of nitrogens with zero attached hydrogens (tertiary/aromatic N) is 1. The van der Waals surface area contributed by atoms with E-state index in [0.29, 0.717) is 0 Å². The van der Waals surface area contributed by atoms with E-state index < -0.39 is 27.7 Å². The third-order valence-electron chi connectivity index (χ3n) is 4.21. The van der Waals surface area contributed by atoms with E-state index in [0.717, 1.165) is 12.1 Å². The average Bonchev–Trinajstić information content (AvgIpc) is 2.65. The summed E-state index contributed by atoms with van der Waals surface area (Å²) in [5.74, 6) is -0.582. The van der Waals surface area contributed by atoms with Crippen LogP contribution < -0.4 is 5.32 Å². The van der Waals surface area contributed by atoms with Gasteiger partial charge in [0.2, 0.25) is 10.0 Å². The number of alkyl halides is 3. The molecule has 1 N–H and O–H groups in total. The fourth-order valence-electron chi connectivity index (χ4n) is 2.38. The molecule has 0 aliphatic heterocycles. The van der Waals surface area contributed by atoms with Crippen molar-refractivity contribution in [2.45, 2.75) is 37.5 Å². The molecule has 0 atom stereocenters. The summed E-state index contributed by atoms with van der Waals surface area (Å²) >= 11 is 0. The largest absolute Gasteiger partial charge is 0.416 e. The lowest BCUT2D eigenvalue weighted by atomic mass is 10.1. The molecule has 5 nitrogen and oxygen atoms in total. The van der Waals surface area contributed by atoms with Crippen molar-refractivity contribution in [1.82, 2.24) is 9.62 Å². The highest BCUT2D eigenvalue weighted by atomic mass is 32.2. The second-order valence-electron chi connectivity index (χ2n) is 6.52. The van der Waals surface area contributed by atoms with Crippen molar-refractivity contribution in [3.8, 4) is 0 Å². The van der Waals surface area contributed by atoms with Crippen molar-refractivity contribution >= 4 is 15.9 Å². The summed E-state index contributed by atoms with van der Waals surface area (Å²) in [4.78, 5) is 12.3. The van der Waals surface area contributed by atoms with E-state index in [1.165, 1.54) is 47.8 Å². The van der Waals surface area contributed by atoms with Crippen molar-refractivity contribution in [3.63, 3.8) is 0 Å². The molecule has 0 fully saturated rings. The van der Waals surface area contributed by atoms with Gasteiger partial charge in [0.25, 0.3) is 5.91 Å². The van der Waals surface area contributed by atoms with Gasteiger partial charge in [0.05, 0.1) is 10.5 Å². The van der Waals surface area contributed by atoms with E-state index in [-0.39, 0.29) is 28.6 Å². The van der Waals surface area contributed by atoms with Gasteiger partial charge >= 0.3 is 6.18 Å². The molecule has 0 saturated heterocycles. The highest BCUT2D eigenvalue weighted by Crippen LogP contribution is 2.29. The Morgan fingerprint density at radius 2 is 1.75 bits per heavy atom. The Bertz CT molecular complexity index is 957. The van der Waals surface area contributed by atoms with Crippen molar-refractivity contribution in [1.29, 1.82) is 0 Å². The summed E-state index contributed by atoms with van der Waals surface area (Å²) in [6.07, 6.45) is -4.47. The van der Waals surface area contributed by atoms with Crippen LogP contribution in [-0.4, -0.2) is 31.7 Å². The molecule has 0 aliphatic carbocycles. The molecule has 0 unspecified atom stereocenters. The van der Waals surface area contributed by atoms with Crippen LogP contribution in [0.1, 0.15) is 35.3 Å². The van der Waals surface area contributed by atoms with Gasteiger partial charge in [-0.3, -0.25) is 4.79 Å². The summed E-state index contributed by atoms with van der Waals surface area (Å²) in [6, 6.07) is 9.89. The number of rotatable bonds is 6. The van der Waals surface area contributed by atoms with Crippen LogP contribution in [0.3, 0.4) is 0 Å². The number of hydrogen-bond acceptors (Lipinski definition) is 3. The Morgan fingerprint density at radius 1 is 1.11 bits per heavy atom. The minimum Gasteiger partial charge on any atom is -0.348 e. The normalized spacial score (nSPS) is 12.4. The van der Waals surface area contributed by atoms with E-state index in [1.807, 2.05) is 0 Å². The third kappa shape index (κ3) is 5.11. The number of carbonyl (C=O) groups excluding carboxylic acids is 1. The predicted molar refractivity (Wildman–Crippen MR) is 99.1 cm³/mol. The van der Waals surface area contributed by atoms with Crippen LogP contribution in [0.2, 0.25) is 0 Å². The zero-order valence-corrected chi connectivity index (χ0v) is 16.4. The molecule has 2 rings (SSSR count). The third-order valence-corrected chi connectivity index (χ3v) is 6.24. The Balaban J connectivity index is 2.16. The number of benzene rings is 2. The van der Waals surface area contributed by atoms with Gasteiger partial charge < -0.3 is 5.32 Å². The lowest BCUT2D eigenvalue weighted by Gasteiger charge is -2.21. The quantitative estimate of drug-likeness (QED) is 0.785. The lowest BCUT2D eigenvalue weighted by Crippen LogP contribution is -2.33. The lowest BCUT2D eigenvalue weighted by molar-refractivity contribution is -0.137. The van der Waals surface area contributed by atoms with E-state index in [2.05, 4.69) is 5.32 Å². The molecule has 152 valence electrons. The summed E-state index contributed by atoms with van der Waals surface area (Å²) in [5.41, 5.74) is -0.416. The zero-order valence-electron chi connectivity index (χ0n) is 15.6. The number of amides is 1. The monoisotopic (exact) mass is 414 g/mol. The predicted octanol–water partition coefficient (Wildman–Crippen LogP) is 3.66. The van der Waals surface area contributed by atoms with Gasteiger partial charge in [0.15, 0.2) is 0 Å². The molecule has 0 spiro atoms. The fourth-order valence-corrected chi connectivity index (χ4v) is 3.80. The maximum Gasteiger partial charge on any atom is 0.416 e. The zero-order chi connectivity index (χ0) is 21.1. The highest BCUT2D eigenvalue weighted by molar-refractivity contribution is 7.89. The molecule has 0 radical (unpaired) electrons. The first-order chi connectivity index (χ1) is 12.9. The van der Waals surface area contributed by atoms with Crippen LogP contribution in [-0.2, 0) is 22.7 Å². The number of halogens is 3. The SMILES string of the molecule is CC(C)N(C)S(=O)(=O)c1cccc(C(=O)NCc2cccc(C(F)(F)F)c2)c1. The second kappa shape index (κ2) is 8.32. The molecule has 9 heteroatoms. The molecular formula is C19H21F3N2O3S. The van der Waals surface area contributed by atoms with Gasteiger partial charge in [-0.2, -0.15) is 17.5 Å². The maximum absolute atomic E-state index is 12.8. The Labute approximate surface area is 162 Å². The number of hydrogen-bond donors (Lipinski definition) is 1. The highest BCUT2D eigenvalue weighted by Gasteiger charge is 2.30. The van der Waals surface area contributed by atoms with Gasteiger partial charge in [-0.25, -0.2) is 8.42 Å². The molecule has 0 bridgehead atoms. The van der Waals surface area contributed by atoms with Crippen LogP contribution in [0.15, 0.2) is 53.4 Å². The Morgan fingerprint density at radius 3 is 2.36 bits per heavy atom. The first-order valence-corrected chi connectivity index (χ1v) is 9.89. The van der Waals surface area contributed by atoms with Crippen molar-refractivity contribution in [3.05, 3.63) is 65.2 Å². The maximum atomic E-state index is 12.8. The smallest absolute Gasteiger partial charge is 0.348 e. The Hall–Kier alpha value is -2.39. The number of nitrogens with one attached hydrogen (secondary N) is 1. The molecule has 0 aromatic heterocycles. The second-order valence-corrected chi connectivity index (χ2v) is 8.52. The van der Waals surface area contributed by atoms with Gasteiger partial charge in [0.1, 0.15) is 0 Å². The summed E-state index contributed by atoms with van der Waals surface area (Å²) < 4.78 is 64.6. The molecule has 1 amide bonds. The topological polar surface area (TPSA) is 66.5 Å². The van der Waals surface area contributed by atoms with E-state index in [4.69, 9.17) is 0 Å². The van der Waals surface area contributed by atoms with E-state index >= 15 is 0 Å². The van der Waals surface area contributed by atoms with Crippen LogP contribution in [0.5, 0.6) is 0 Å². The fraction of sp³-hybridized carbons (Fsp3) is 0.316. The molecule has 0 heterocycles. The average molecular weight is 414 g/mol. The van der Waals surface area contributed by atoms with Crippen molar-refractivity contribution < 1.29 is 26.4 Å². The first kappa shape index (κ1) is 21.9. The standard InChI is InChI=1S/C19H21F3N2O3S/c1-13(2)24(3)28(26,27)17-9-5-7-15(11-17)18(25)23-12-14-6-4-8-16(10-14)19(20,21)22/h4-11,13H,12H2,1-3H3,(H,23,25). The van der Waals surface area contributed by atoms with Crippen LogP contribution >= 0.6 is 0 Å². The van der Waals surface area contributed by atoms with Gasteiger partial charge in [-0.1, -0.05) is 18.2 Å². The van der Waals surface area contributed by atoms with Crippen molar-refractivity contribution in [2.24, 2.45) is 0 Å². The molecule has 2 aromatic rings. The van der Waals surface area contributed by atoms with Crippen LogP contribution in [0.4, 0.5) is 13.2 Å². The van der Waals surface area contributed by atoms with Crippen LogP contribution in [0, 0.1) is 0 Å². The first-order valence-electron chi connectivity index (χ1n) is 8.45. The number of sulfonamides is 1. The van der Waals surface area contributed by atoms with E-state index in [1.54, 1.807) is 13.8 Å². The molecule has 0 saturated carbocycles. The van der Waals surface area contributed by atoms with Gasteiger partial charge in [-0.05, 0) is 49.7 Å². The van der Waals surface area contributed by atoms with E-state index in [9.17, 15) is 26.4 Å². The number of carbonyl (C=O) groups is 1. The Kier molecular flexibility index (Phi) is 6.51. The van der Waals surface area contributed by atoms with Gasteiger partial charge in [0, 0.05) is 25.2 Å². The summed E-state index contributed by atoms with van der Waals surface area (Å²) in [6.45, 7) is 3.33. The molecule has 0 aliphatic rings. The summed E-state index contributed by atoms with van der Waals surface area (Å²) in [7, 11) is -2.31. The van der Waals surface area contributed by atoms with Gasteiger partial charge in [-0.15, -0.1) is 0 Å². The molecular weight excluding hydrogens is 393 g/mol. The molecule has 2 aromatic carbocycles. The summed E-state index contributed by atoms with van der Waals surface area (Å²) in [5, 5.41) is 2.51. The minimum absolute atomic E-state index is 0.0320. The minimum atomic E-state index is -4.47.